The van der Waals surface area contributed by atoms with E-state index in [0.29, 0.717) is 5.82 Å². The van der Waals surface area contributed by atoms with Crippen molar-refractivity contribution in [3.05, 3.63) is 54.9 Å². The van der Waals surface area contributed by atoms with E-state index in [9.17, 15) is 0 Å². The van der Waals surface area contributed by atoms with E-state index in [2.05, 4.69) is 85.2 Å². The van der Waals surface area contributed by atoms with Crippen LogP contribution in [0.15, 0.2) is 54.9 Å². The van der Waals surface area contributed by atoms with Gasteiger partial charge in [-0.05, 0) is 56.3 Å². The molecule has 0 unspecified atom stereocenters. The minimum absolute atomic E-state index is 0.162. The molecule has 0 radical (unpaired) electrons. The highest BCUT2D eigenvalue weighted by molar-refractivity contribution is 5.88. The van der Waals surface area contributed by atoms with Crippen molar-refractivity contribution < 1.29 is 4.74 Å². The molecule has 1 aliphatic rings. The van der Waals surface area contributed by atoms with Gasteiger partial charge < -0.3 is 25.2 Å². The Morgan fingerprint density at radius 2 is 1.71 bits per heavy atom. The molecule has 2 aromatic heterocycles. The third-order valence-electron chi connectivity index (χ3n) is 6.12. The van der Waals surface area contributed by atoms with Crippen LogP contribution < -0.4 is 20.4 Å². The first-order valence-corrected chi connectivity index (χ1v) is 12.0. The van der Waals surface area contributed by atoms with Gasteiger partial charge in [0.05, 0.1) is 13.2 Å². The number of rotatable bonds is 7. The topological polar surface area (TPSA) is 83.4 Å². The van der Waals surface area contributed by atoms with Crippen LogP contribution in [0, 0.1) is 0 Å². The van der Waals surface area contributed by atoms with Crippen LogP contribution in [0.25, 0.3) is 11.2 Å². The number of fused-ring (bicyclic) bond motifs is 1. The van der Waals surface area contributed by atoms with E-state index in [1.54, 1.807) is 6.33 Å². The average Bonchev–Trinajstić information content (AvgIpc) is 3.24. The van der Waals surface area contributed by atoms with E-state index in [1.165, 1.54) is 5.69 Å². The second-order valence-corrected chi connectivity index (χ2v) is 9.13. The number of nitrogens with one attached hydrogen (secondary N) is 2. The van der Waals surface area contributed by atoms with Gasteiger partial charge in [-0.1, -0.05) is 6.07 Å². The van der Waals surface area contributed by atoms with Gasteiger partial charge in [-0.25, -0.2) is 15.0 Å². The molecule has 4 aromatic rings. The number of aromatic nitrogens is 4. The monoisotopic (exact) mass is 472 g/mol. The number of ether oxygens (including phenoxy) is 1. The molecule has 0 saturated carbocycles. The summed E-state index contributed by atoms with van der Waals surface area (Å²) in [7, 11) is 4.06. The maximum Gasteiger partial charge on any atom is 0.210 e. The van der Waals surface area contributed by atoms with Crippen LogP contribution in [-0.2, 0) is 4.74 Å². The maximum absolute atomic E-state index is 5.46. The molecule has 0 amide bonds. The molecule has 0 bridgehead atoms. The fourth-order valence-corrected chi connectivity index (χ4v) is 4.28. The van der Waals surface area contributed by atoms with Gasteiger partial charge in [0.25, 0.3) is 0 Å². The van der Waals surface area contributed by atoms with Crippen molar-refractivity contribution in [1.29, 1.82) is 0 Å². The lowest BCUT2D eigenvalue weighted by atomic mass is 10.2. The Balaban J connectivity index is 1.44. The highest BCUT2D eigenvalue weighted by atomic mass is 16.5. The van der Waals surface area contributed by atoms with Crippen molar-refractivity contribution in [2.75, 3.05) is 60.8 Å². The van der Waals surface area contributed by atoms with Crippen LogP contribution in [0.5, 0.6) is 0 Å². The molecule has 1 saturated heterocycles. The summed E-state index contributed by atoms with van der Waals surface area (Å²) in [5.74, 6) is 1.41. The zero-order valence-electron chi connectivity index (χ0n) is 20.7. The Morgan fingerprint density at radius 3 is 2.43 bits per heavy atom. The van der Waals surface area contributed by atoms with Crippen molar-refractivity contribution in [1.82, 2.24) is 19.5 Å². The minimum Gasteiger partial charge on any atom is -0.378 e. The lowest BCUT2D eigenvalue weighted by molar-refractivity contribution is 0.122. The maximum atomic E-state index is 5.46. The summed E-state index contributed by atoms with van der Waals surface area (Å²) in [6.07, 6.45) is 1.59. The molecule has 182 valence electrons. The normalized spacial score (nSPS) is 13.9. The van der Waals surface area contributed by atoms with Gasteiger partial charge in [0.2, 0.25) is 5.95 Å². The molecule has 5 rings (SSSR count). The largest absolute Gasteiger partial charge is 0.378 e. The van der Waals surface area contributed by atoms with Crippen molar-refractivity contribution in [3.63, 3.8) is 0 Å². The summed E-state index contributed by atoms with van der Waals surface area (Å²) < 4.78 is 7.57. The number of imidazole rings is 1. The van der Waals surface area contributed by atoms with Crippen LogP contribution in [0.2, 0.25) is 0 Å². The third-order valence-corrected chi connectivity index (χ3v) is 6.12. The van der Waals surface area contributed by atoms with Gasteiger partial charge in [-0.3, -0.25) is 4.57 Å². The van der Waals surface area contributed by atoms with E-state index in [1.807, 2.05) is 26.2 Å². The molecule has 0 atom stereocenters. The van der Waals surface area contributed by atoms with Crippen LogP contribution in [0.1, 0.15) is 19.9 Å². The Kier molecular flexibility index (Phi) is 6.41. The number of morpholine rings is 1. The minimum atomic E-state index is 0.162. The van der Waals surface area contributed by atoms with E-state index < -0.39 is 0 Å². The van der Waals surface area contributed by atoms with Gasteiger partial charge in [-0.2, -0.15) is 0 Å². The number of hydrogen-bond donors (Lipinski definition) is 2. The number of anilines is 6. The lowest BCUT2D eigenvalue weighted by Crippen LogP contribution is -2.36. The molecule has 35 heavy (non-hydrogen) atoms. The molecule has 9 nitrogen and oxygen atoms in total. The zero-order chi connectivity index (χ0) is 24.4. The number of nitrogens with zero attached hydrogens (tertiary/aromatic N) is 6. The fourth-order valence-electron chi connectivity index (χ4n) is 4.28. The van der Waals surface area contributed by atoms with Crippen molar-refractivity contribution >= 4 is 45.7 Å². The molecular formula is C26H32N8O. The first-order valence-electron chi connectivity index (χ1n) is 12.0. The smallest absolute Gasteiger partial charge is 0.210 e. The van der Waals surface area contributed by atoms with Crippen LogP contribution in [-0.4, -0.2) is 59.9 Å². The fraction of sp³-hybridized carbons (Fsp3) is 0.346. The van der Waals surface area contributed by atoms with Gasteiger partial charge in [-0.15, -0.1) is 0 Å². The summed E-state index contributed by atoms with van der Waals surface area (Å²) in [5.41, 5.74) is 5.74. The quantitative estimate of drug-likeness (QED) is 0.397. The predicted molar refractivity (Wildman–Crippen MR) is 143 cm³/mol. The van der Waals surface area contributed by atoms with Gasteiger partial charge >= 0.3 is 0 Å². The van der Waals surface area contributed by atoms with Crippen molar-refractivity contribution in [2.24, 2.45) is 0 Å². The second kappa shape index (κ2) is 9.79. The number of benzene rings is 2. The first-order chi connectivity index (χ1) is 17.0. The molecule has 9 heteroatoms. The molecule has 2 aromatic carbocycles. The Labute approximate surface area is 205 Å². The van der Waals surface area contributed by atoms with E-state index in [4.69, 9.17) is 9.72 Å². The third kappa shape index (κ3) is 4.85. The highest BCUT2D eigenvalue weighted by Crippen LogP contribution is 2.31. The molecule has 1 fully saturated rings. The van der Waals surface area contributed by atoms with E-state index >= 15 is 0 Å². The van der Waals surface area contributed by atoms with Crippen molar-refractivity contribution in [3.8, 4) is 0 Å². The Bertz CT molecular complexity index is 1290. The standard InChI is InChI=1S/C26H32N8O/c1-18(2)34-25-23(31-26(34)30-20-6-5-7-22(16-20)32(3)4)24(27-17-28-25)29-19-8-10-21(11-9-19)33-12-14-35-15-13-33/h5-11,16-18H,12-15H2,1-4H3,(H,30,31)(H,27,28,29). The average molecular weight is 473 g/mol. The molecular weight excluding hydrogens is 440 g/mol. The highest BCUT2D eigenvalue weighted by Gasteiger charge is 2.19. The van der Waals surface area contributed by atoms with Crippen LogP contribution in [0.4, 0.5) is 34.5 Å². The zero-order valence-corrected chi connectivity index (χ0v) is 20.7. The molecule has 2 N–H and O–H groups in total. The lowest BCUT2D eigenvalue weighted by Gasteiger charge is -2.28. The first kappa shape index (κ1) is 22.9. The summed E-state index contributed by atoms with van der Waals surface area (Å²) in [4.78, 5) is 18.4. The Hall–Kier alpha value is -3.85. The SMILES string of the molecule is CC(C)n1c(Nc2cccc(N(C)C)c2)nc2c(Nc3ccc(N4CCOCC4)cc3)ncnc21. The van der Waals surface area contributed by atoms with Crippen LogP contribution >= 0.6 is 0 Å². The molecule has 1 aliphatic heterocycles. The van der Waals surface area contributed by atoms with Crippen LogP contribution in [0.3, 0.4) is 0 Å². The molecule has 0 aliphatic carbocycles. The second-order valence-electron chi connectivity index (χ2n) is 9.13. The molecule has 0 spiro atoms. The predicted octanol–water partition coefficient (Wildman–Crippen LogP) is 4.80. The Morgan fingerprint density at radius 1 is 0.943 bits per heavy atom. The summed E-state index contributed by atoms with van der Waals surface area (Å²) in [5, 5.41) is 6.93. The van der Waals surface area contributed by atoms with Gasteiger partial charge in [0.15, 0.2) is 17.0 Å². The van der Waals surface area contributed by atoms with Gasteiger partial charge in [0, 0.05) is 56.0 Å². The van der Waals surface area contributed by atoms with E-state index in [-0.39, 0.29) is 6.04 Å². The summed E-state index contributed by atoms with van der Waals surface area (Å²) >= 11 is 0. The van der Waals surface area contributed by atoms with E-state index in [0.717, 1.165) is 60.5 Å². The van der Waals surface area contributed by atoms with Gasteiger partial charge in [0.1, 0.15) is 6.33 Å². The summed E-state index contributed by atoms with van der Waals surface area (Å²) in [6.45, 7) is 7.63. The van der Waals surface area contributed by atoms with Crippen molar-refractivity contribution in [2.45, 2.75) is 19.9 Å². The number of hydrogen-bond acceptors (Lipinski definition) is 8. The molecule has 3 heterocycles. The summed E-state index contributed by atoms with van der Waals surface area (Å²) in [6, 6.07) is 16.8.